The second-order valence-electron chi connectivity index (χ2n) is 34.6. The third kappa shape index (κ3) is 32.7. The van der Waals surface area contributed by atoms with E-state index in [1.807, 2.05) is 0 Å². The van der Waals surface area contributed by atoms with Gasteiger partial charge in [-0.2, -0.15) is 0 Å². The van der Waals surface area contributed by atoms with Gasteiger partial charge >= 0.3 is 11.9 Å². The third-order valence-electron chi connectivity index (χ3n) is 24.4. The Morgan fingerprint density at radius 3 is 1.38 bits per heavy atom. The van der Waals surface area contributed by atoms with E-state index in [0.29, 0.717) is 12.8 Å². The van der Waals surface area contributed by atoms with Gasteiger partial charge in [0.1, 0.15) is 128 Å². The number of amides is 3. The van der Waals surface area contributed by atoms with Gasteiger partial charge in [0, 0.05) is 45.4 Å². The molecule has 738 valence electrons. The van der Waals surface area contributed by atoms with Crippen LogP contribution in [0.4, 0.5) is 0 Å². The van der Waals surface area contributed by atoms with E-state index in [0.717, 1.165) is 97.8 Å². The summed E-state index contributed by atoms with van der Waals surface area (Å²) in [4.78, 5) is 80.5. The van der Waals surface area contributed by atoms with Gasteiger partial charge in [-0.25, -0.2) is 9.59 Å². The number of carboxylic acid groups (broad SMARTS) is 2. The Morgan fingerprint density at radius 1 is 0.441 bits per heavy atom. The van der Waals surface area contributed by atoms with Gasteiger partial charge in [0.15, 0.2) is 25.2 Å². The lowest BCUT2D eigenvalue weighted by molar-refractivity contribution is -0.407. The summed E-state index contributed by atoms with van der Waals surface area (Å²) in [5.74, 6) is -16.5. The van der Waals surface area contributed by atoms with Gasteiger partial charge in [-0.1, -0.05) is 161 Å². The Bertz CT molecular complexity index is 3190. The first-order valence-corrected chi connectivity index (χ1v) is 45.4. The predicted octanol–water partition coefficient (Wildman–Crippen LogP) is -2.78. The molecule has 0 aromatic heterocycles. The molecule has 6 heterocycles. The normalized spacial score (nSPS) is 35.1. The van der Waals surface area contributed by atoms with Gasteiger partial charge in [0.05, 0.1) is 88.8 Å². The number of allylic oxidation sites excluding steroid dienone is 2. The van der Waals surface area contributed by atoms with E-state index in [-0.39, 0.29) is 12.8 Å². The van der Waals surface area contributed by atoms with Crippen LogP contribution in [0, 0.1) is 5.92 Å². The van der Waals surface area contributed by atoms with E-state index >= 15 is 0 Å². The quantitative estimate of drug-likeness (QED) is 0.0216. The second-order valence-corrected chi connectivity index (χ2v) is 34.6. The largest absolute Gasteiger partial charge is 0.477 e. The first-order chi connectivity index (χ1) is 60.6. The average molecular weight is 1840 g/mol. The zero-order valence-electron chi connectivity index (χ0n) is 73.7. The number of aliphatic hydroxyl groups is 19. The van der Waals surface area contributed by atoms with Crippen molar-refractivity contribution in [3.05, 3.63) is 12.2 Å². The van der Waals surface area contributed by atoms with Crippen LogP contribution in [0.1, 0.15) is 234 Å². The Balaban J connectivity index is 1.33. The Labute approximate surface area is 740 Å². The monoisotopic (exact) mass is 1840 g/mol. The van der Waals surface area contributed by atoms with Crippen LogP contribution >= 0.6 is 0 Å². The minimum absolute atomic E-state index is 0.0985. The van der Waals surface area contributed by atoms with Crippen molar-refractivity contribution in [1.82, 2.24) is 16.0 Å². The molecule has 42 nitrogen and oxygen atoms in total. The number of carboxylic acids is 2. The summed E-state index contributed by atoms with van der Waals surface area (Å²) in [5, 5.41) is 245. The van der Waals surface area contributed by atoms with Crippen molar-refractivity contribution in [2.75, 3.05) is 46.2 Å². The first kappa shape index (κ1) is 111. The van der Waals surface area contributed by atoms with Gasteiger partial charge < -0.3 is 185 Å². The van der Waals surface area contributed by atoms with Crippen LogP contribution in [-0.2, 0) is 85.6 Å². The molecule has 0 aromatic carbocycles. The van der Waals surface area contributed by atoms with Crippen molar-refractivity contribution in [3.63, 3.8) is 0 Å². The highest BCUT2D eigenvalue weighted by atomic mass is 16.8. The van der Waals surface area contributed by atoms with E-state index in [2.05, 4.69) is 41.9 Å². The number of ketones is 1. The second kappa shape index (κ2) is 56.6. The van der Waals surface area contributed by atoms with Gasteiger partial charge in [-0.3, -0.25) is 14.4 Å². The number of rotatable bonds is 60. The highest BCUT2D eigenvalue weighted by molar-refractivity contribution is 5.78. The zero-order valence-corrected chi connectivity index (χ0v) is 73.7. The lowest BCUT2D eigenvalue weighted by Crippen LogP contribution is -2.72. The zero-order chi connectivity index (χ0) is 93.8. The first-order valence-electron chi connectivity index (χ1n) is 45.4. The topological polar surface area (TPSA) is 674 Å². The van der Waals surface area contributed by atoms with Gasteiger partial charge in [0.2, 0.25) is 17.7 Å². The van der Waals surface area contributed by atoms with Crippen molar-refractivity contribution in [2.45, 2.75) is 435 Å². The van der Waals surface area contributed by atoms with Crippen LogP contribution in [0.5, 0.6) is 0 Å². The Kier molecular flexibility index (Phi) is 49.6. The van der Waals surface area contributed by atoms with Crippen LogP contribution in [0.25, 0.3) is 0 Å². The lowest BCUT2D eigenvalue weighted by Gasteiger charge is -2.53. The highest BCUT2D eigenvalue weighted by Crippen LogP contribution is 2.44. The molecule has 2 unspecified atom stereocenters. The molecule has 24 N–H and O–H groups in total. The smallest absolute Gasteiger partial charge is 0.364 e. The summed E-state index contributed by atoms with van der Waals surface area (Å²) in [6.07, 6.45) is -32.6. The number of carbonyl (C=O) groups excluding carboxylic acids is 4. The van der Waals surface area contributed by atoms with Gasteiger partial charge in [-0.05, 0) is 45.4 Å². The summed E-state index contributed by atoms with van der Waals surface area (Å²) >= 11 is 0. The Morgan fingerprint density at radius 2 is 0.874 bits per heavy atom. The van der Waals surface area contributed by atoms with E-state index in [4.69, 9.17) is 56.8 Å². The average Bonchev–Trinajstić information content (AvgIpc) is 0.733. The molecule has 6 fully saturated rings. The SMILES string of the molecule is CCCCCCCC/C=C\CCCCCCCC(=O)N[C@@H](CO[C@@H]1O[C@H](CO)[C@@H](O[C@@H]2O[C@H](CO)[C@H](O[C@@H]3O[C@H](CO)[C@H](O)[C@H](O[C@@H]4O[C@H](CO)[C@H](O)[C@H](O)[C@H]4O)[C@H]3CC(C)=O)[C@H](O[C@]3(C(=O)O)C[C@H](O)[C@@H](NC(C)=O)C([C@H](O)[C@@H](CO)O[C@]4(C(=O)O)C[C@H](O)[C@@H](NC(C)=O)C([C@H](O)[C@H](O)CO)O4)O3)[C@H]2O)[C@H](O)[C@H]1O)[C@H](O)CCCCCCCCCCCCCCC. The van der Waals surface area contributed by atoms with Crippen LogP contribution in [-0.4, -0.2) is 390 Å². The molecule has 6 aliphatic heterocycles. The fraction of sp³-hybridized carbons (Fsp3) is 0.906. The summed E-state index contributed by atoms with van der Waals surface area (Å²) in [5.41, 5.74) is 0. The summed E-state index contributed by atoms with van der Waals surface area (Å²) in [6.45, 7) is -0.737. The fourth-order valence-corrected chi connectivity index (χ4v) is 17.2. The van der Waals surface area contributed by atoms with E-state index in [1.54, 1.807) is 0 Å². The molecular formula is C85H149N3O39. The number of unbranched alkanes of at least 4 members (excludes halogenated alkanes) is 23. The number of carbonyl (C=O) groups is 6. The molecule has 34 atom stereocenters. The molecular weight excluding hydrogens is 1690 g/mol. The molecule has 0 radical (unpaired) electrons. The number of ether oxygens (including phenoxy) is 12. The molecule has 0 saturated carbocycles. The minimum Gasteiger partial charge on any atom is -0.477 e. The third-order valence-corrected chi connectivity index (χ3v) is 24.4. The number of nitrogens with one attached hydrogen (secondary N) is 3. The maximum absolute atomic E-state index is 14.4. The van der Waals surface area contributed by atoms with Crippen molar-refractivity contribution in [2.24, 2.45) is 5.92 Å². The van der Waals surface area contributed by atoms with E-state index < -0.39 is 308 Å². The molecule has 6 saturated heterocycles. The molecule has 0 aromatic rings. The number of Topliss-reactive ketones (excluding diaryl/α,β-unsaturated/α-hetero) is 1. The minimum atomic E-state index is -3.67. The highest BCUT2D eigenvalue weighted by Gasteiger charge is 2.64. The summed E-state index contributed by atoms with van der Waals surface area (Å²) in [6, 6.07) is -5.02. The molecule has 6 aliphatic rings. The van der Waals surface area contributed by atoms with Crippen molar-refractivity contribution in [1.29, 1.82) is 0 Å². The standard InChI is InChI=1S/C85H149N3O39/c1-6-8-10-12-14-16-18-20-21-23-25-27-29-31-33-35-60(102)88-50(51(98)34-32-30-28-26-24-22-19-17-15-13-11-9-7-2)45-116-79-70(110)68(108)73(58(43-93)119-79)122-81-71(111)77(74(59(44-94)120-81)123-78-49(36-46(3)95)72(65(105)56(41-91)117-78)121-80-69(109)67(107)64(104)55(40-90)118-80)127-85(83(114)115)38-53(100)62(87-48(5)97)76(126-85)66(106)57(42-92)124-84(82(112)113)37-52(99)61(86-47(4)96)75(125-84)63(103)54(101)39-89/h20-21,49-59,61-81,89-94,98-101,103-111H,6-19,22-45H2,1-5H3,(H,86,96)(H,87,97)(H,88,102)(H,112,113)(H,114,115)/b21-20-/t49-,50+,51-,52+,53+,54-,55-,56-,57-,58-,59-,61-,62-,63-,64+,65+,66-,67+,68-,69-,70-,71-,72-,73-,74+,75?,76?,77-,78+,79-,80+,81+,84-,85+/m1/s1. The predicted molar refractivity (Wildman–Crippen MR) is 441 cm³/mol. The van der Waals surface area contributed by atoms with Crippen LogP contribution < -0.4 is 16.0 Å². The van der Waals surface area contributed by atoms with E-state index in [1.165, 1.54) is 77.0 Å². The maximum atomic E-state index is 14.4. The number of aliphatic carboxylic acids is 2. The summed E-state index contributed by atoms with van der Waals surface area (Å²) < 4.78 is 72.6. The van der Waals surface area contributed by atoms with Crippen LogP contribution in [0.2, 0.25) is 0 Å². The Hall–Kier alpha value is -4.48. The number of hydrogen-bond acceptors (Lipinski definition) is 37. The van der Waals surface area contributed by atoms with Crippen molar-refractivity contribution < 1.29 is 193 Å². The molecule has 42 heteroatoms. The van der Waals surface area contributed by atoms with E-state index in [9.17, 15) is 136 Å². The maximum Gasteiger partial charge on any atom is 0.364 e. The van der Waals surface area contributed by atoms with Crippen molar-refractivity contribution in [3.8, 4) is 0 Å². The van der Waals surface area contributed by atoms with Crippen LogP contribution in [0.15, 0.2) is 12.2 Å². The molecule has 0 spiro atoms. The van der Waals surface area contributed by atoms with Gasteiger partial charge in [-0.15, -0.1) is 0 Å². The molecule has 3 amide bonds. The number of aliphatic hydroxyl groups excluding tert-OH is 19. The van der Waals surface area contributed by atoms with Crippen LogP contribution in [0.3, 0.4) is 0 Å². The van der Waals surface area contributed by atoms with Crippen molar-refractivity contribution >= 4 is 35.4 Å². The van der Waals surface area contributed by atoms with Gasteiger partial charge in [0.25, 0.3) is 11.6 Å². The summed E-state index contributed by atoms with van der Waals surface area (Å²) in [7, 11) is 0. The molecule has 6 rings (SSSR count). The lowest BCUT2D eigenvalue weighted by atomic mass is 9.86. The fourth-order valence-electron chi connectivity index (χ4n) is 17.2. The molecule has 127 heavy (non-hydrogen) atoms. The molecule has 0 aliphatic carbocycles. The number of hydrogen-bond donors (Lipinski definition) is 24. The molecule has 0 bridgehead atoms.